The molecule has 1 N–H and O–H groups in total. The molecule has 3 nitrogen and oxygen atoms in total. The number of nitrogens with one attached hydrogen (secondary N) is 1. The summed E-state index contributed by atoms with van der Waals surface area (Å²) in [7, 11) is 0. The summed E-state index contributed by atoms with van der Waals surface area (Å²) in [6.07, 6.45) is 6.57. The Hall–Kier alpha value is -2.16. The Kier molecular flexibility index (Phi) is 4.98. The van der Waals surface area contributed by atoms with Crippen LogP contribution >= 0.6 is 22.9 Å². The molecule has 24 heavy (non-hydrogen) atoms. The van der Waals surface area contributed by atoms with Crippen molar-refractivity contribution in [3.8, 4) is 6.07 Å². The predicted octanol–water partition coefficient (Wildman–Crippen LogP) is 4.94. The summed E-state index contributed by atoms with van der Waals surface area (Å²) < 4.78 is 13.7. The Bertz CT molecular complexity index is 846. The van der Waals surface area contributed by atoms with Crippen LogP contribution in [0, 0.1) is 17.1 Å². The number of rotatable bonds is 3. The minimum Gasteiger partial charge on any atom is -0.313 e. The van der Waals surface area contributed by atoms with E-state index in [4.69, 9.17) is 11.6 Å². The third kappa shape index (κ3) is 3.35. The molecule has 2 aromatic rings. The maximum absolute atomic E-state index is 13.7. The molecule has 1 aromatic heterocycles. The zero-order valence-corrected chi connectivity index (χ0v) is 14.3. The molecule has 0 saturated heterocycles. The van der Waals surface area contributed by atoms with Crippen LogP contribution in [0.4, 0.5) is 9.39 Å². The smallest absolute Gasteiger partial charge is 0.249 e. The zero-order chi connectivity index (χ0) is 17.1. The molecule has 0 unspecified atom stereocenters. The number of carbonyl (C=O) groups is 1. The third-order valence-electron chi connectivity index (χ3n) is 3.92. The maximum atomic E-state index is 13.7. The van der Waals surface area contributed by atoms with E-state index in [0.29, 0.717) is 10.6 Å². The predicted molar refractivity (Wildman–Crippen MR) is 94.7 cm³/mol. The highest BCUT2D eigenvalue weighted by Crippen LogP contribution is 2.37. The van der Waals surface area contributed by atoms with Gasteiger partial charge in [0, 0.05) is 16.5 Å². The summed E-state index contributed by atoms with van der Waals surface area (Å²) in [5.74, 6) is -0.903. The first-order chi connectivity index (χ1) is 11.6. The molecule has 3 rings (SSSR count). The third-order valence-corrected chi connectivity index (χ3v) is 5.46. The molecule has 0 bridgehead atoms. The van der Waals surface area contributed by atoms with Crippen molar-refractivity contribution in [2.24, 2.45) is 0 Å². The molecule has 0 atom stereocenters. The van der Waals surface area contributed by atoms with Gasteiger partial charge < -0.3 is 5.32 Å². The molecule has 0 radical (unpaired) electrons. The molecule has 1 amide bonds. The molecule has 0 saturated carbocycles. The summed E-state index contributed by atoms with van der Waals surface area (Å²) in [5.41, 5.74) is 1.78. The highest BCUT2D eigenvalue weighted by atomic mass is 35.5. The van der Waals surface area contributed by atoms with E-state index < -0.39 is 11.7 Å². The highest BCUT2D eigenvalue weighted by molar-refractivity contribution is 7.16. The number of anilines is 1. The average molecular weight is 361 g/mol. The zero-order valence-electron chi connectivity index (χ0n) is 12.7. The SMILES string of the molecule is N#Cc1c(NC(=O)C=Cc2c(F)cccc2Cl)sc2c1CCCC2. The molecule has 1 aliphatic rings. The quantitative estimate of drug-likeness (QED) is 0.788. The molecule has 0 spiro atoms. The van der Waals surface area contributed by atoms with Gasteiger partial charge in [0.05, 0.1) is 10.6 Å². The first kappa shape index (κ1) is 16.7. The van der Waals surface area contributed by atoms with Crippen LogP contribution in [0.15, 0.2) is 24.3 Å². The van der Waals surface area contributed by atoms with Crippen LogP contribution < -0.4 is 5.32 Å². The van der Waals surface area contributed by atoms with Crippen LogP contribution in [0.3, 0.4) is 0 Å². The number of hydrogen-bond donors (Lipinski definition) is 1. The normalized spacial score (nSPS) is 13.5. The van der Waals surface area contributed by atoms with Crippen LogP contribution in [0.2, 0.25) is 5.02 Å². The molecule has 1 heterocycles. The molecule has 122 valence electrons. The van der Waals surface area contributed by atoms with Crippen molar-refractivity contribution in [2.75, 3.05) is 5.32 Å². The van der Waals surface area contributed by atoms with Crippen LogP contribution in [0.5, 0.6) is 0 Å². The number of halogens is 2. The Morgan fingerprint density at radius 2 is 2.17 bits per heavy atom. The van der Waals surface area contributed by atoms with Crippen LogP contribution in [-0.2, 0) is 17.6 Å². The fourth-order valence-corrected chi connectivity index (χ4v) is 4.22. The van der Waals surface area contributed by atoms with Gasteiger partial charge in [-0.3, -0.25) is 4.79 Å². The molecule has 6 heteroatoms. The summed E-state index contributed by atoms with van der Waals surface area (Å²) >= 11 is 7.38. The number of thiophene rings is 1. The summed E-state index contributed by atoms with van der Waals surface area (Å²) in [6, 6.07) is 6.54. The van der Waals surface area contributed by atoms with Crippen molar-refractivity contribution in [1.82, 2.24) is 0 Å². The number of aryl methyl sites for hydroxylation is 1. The second-order valence-electron chi connectivity index (χ2n) is 5.48. The van der Waals surface area contributed by atoms with Gasteiger partial charge >= 0.3 is 0 Å². The molecular weight excluding hydrogens is 347 g/mol. The lowest BCUT2D eigenvalue weighted by Crippen LogP contribution is -2.08. The fourth-order valence-electron chi connectivity index (χ4n) is 2.75. The lowest BCUT2D eigenvalue weighted by atomic mass is 9.96. The lowest BCUT2D eigenvalue weighted by Gasteiger charge is -2.09. The van der Waals surface area contributed by atoms with E-state index in [1.807, 2.05) is 0 Å². The van der Waals surface area contributed by atoms with E-state index in [0.717, 1.165) is 31.2 Å². The van der Waals surface area contributed by atoms with E-state index in [9.17, 15) is 14.4 Å². The number of nitrogens with zero attached hydrogens (tertiary/aromatic N) is 1. The van der Waals surface area contributed by atoms with E-state index in [1.54, 1.807) is 6.07 Å². The standard InChI is InChI=1S/C18H14ClFN2OS/c19-14-5-3-6-15(20)12(14)8-9-17(23)22-18-13(10-21)11-4-1-2-7-16(11)24-18/h3,5-6,8-9H,1-2,4,7H2,(H,22,23). The van der Waals surface area contributed by atoms with Gasteiger partial charge in [-0.25, -0.2) is 4.39 Å². The molecule has 0 aliphatic heterocycles. The first-order valence-electron chi connectivity index (χ1n) is 7.58. The van der Waals surface area contributed by atoms with Gasteiger partial charge in [0.25, 0.3) is 0 Å². The van der Waals surface area contributed by atoms with Crippen molar-refractivity contribution in [3.05, 3.63) is 56.7 Å². The van der Waals surface area contributed by atoms with E-state index in [1.165, 1.54) is 40.5 Å². The summed E-state index contributed by atoms with van der Waals surface area (Å²) in [6.45, 7) is 0. The number of hydrogen-bond acceptors (Lipinski definition) is 3. The minimum absolute atomic E-state index is 0.167. The highest BCUT2D eigenvalue weighted by Gasteiger charge is 2.21. The molecular formula is C18H14ClFN2OS. The molecule has 0 fully saturated rings. The Labute approximate surface area is 148 Å². The number of benzene rings is 1. The van der Waals surface area contributed by atoms with Gasteiger partial charge in [0.2, 0.25) is 5.91 Å². The van der Waals surface area contributed by atoms with Gasteiger partial charge in [-0.1, -0.05) is 17.7 Å². The van der Waals surface area contributed by atoms with E-state index >= 15 is 0 Å². The van der Waals surface area contributed by atoms with Crippen molar-refractivity contribution in [2.45, 2.75) is 25.7 Å². The van der Waals surface area contributed by atoms with Crippen molar-refractivity contribution < 1.29 is 9.18 Å². The number of fused-ring (bicyclic) bond motifs is 1. The van der Waals surface area contributed by atoms with Gasteiger partial charge in [0.1, 0.15) is 16.9 Å². The Morgan fingerprint density at radius 1 is 1.38 bits per heavy atom. The van der Waals surface area contributed by atoms with Crippen LogP contribution in [0.25, 0.3) is 6.08 Å². The summed E-state index contributed by atoms with van der Waals surface area (Å²) in [5, 5.41) is 12.9. The topological polar surface area (TPSA) is 52.9 Å². The van der Waals surface area contributed by atoms with Crippen molar-refractivity contribution in [3.63, 3.8) is 0 Å². The fraction of sp³-hybridized carbons (Fsp3) is 0.222. The molecule has 1 aliphatic carbocycles. The summed E-state index contributed by atoms with van der Waals surface area (Å²) in [4.78, 5) is 13.3. The average Bonchev–Trinajstić information content (AvgIpc) is 2.91. The Balaban J connectivity index is 1.80. The minimum atomic E-state index is -0.490. The number of nitriles is 1. The lowest BCUT2D eigenvalue weighted by molar-refractivity contribution is -0.111. The van der Waals surface area contributed by atoms with Crippen LogP contribution in [-0.4, -0.2) is 5.91 Å². The number of amides is 1. The first-order valence-corrected chi connectivity index (χ1v) is 8.77. The van der Waals surface area contributed by atoms with Crippen molar-refractivity contribution >= 4 is 39.9 Å². The monoisotopic (exact) mass is 360 g/mol. The van der Waals surface area contributed by atoms with Gasteiger partial charge in [-0.2, -0.15) is 5.26 Å². The van der Waals surface area contributed by atoms with Gasteiger partial charge in [-0.05, 0) is 49.5 Å². The largest absolute Gasteiger partial charge is 0.313 e. The number of carbonyl (C=O) groups excluding carboxylic acids is 1. The van der Waals surface area contributed by atoms with Gasteiger partial charge in [0.15, 0.2) is 0 Å². The van der Waals surface area contributed by atoms with Crippen LogP contribution in [0.1, 0.15) is 34.4 Å². The molecule has 1 aromatic carbocycles. The second kappa shape index (κ2) is 7.16. The Morgan fingerprint density at radius 3 is 2.92 bits per heavy atom. The van der Waals surface area contributed by atoms with Crippen molar-refractivity contribution in [1.29, 1.82) is 5.26 Å². The van der Waals surface area contributed by atoms with Gasteiger partial charge in [-0.15, -0.1) is 11.3 Å². The maximum Gasteiger partial charge on any atom is 0.249 e. The second-order valence-corrected chi connectivity index (χ2v) is 7.00. The van der Waals surface area contributed by atoms with E-state index in [2.05, 4.69) is 11.4 Å². The van der Waals surface area contributed by atoms with E-state index in [-0.39, 0.29) is 10.6 Å².